The number of hydrogen-bond donors (Lipinski definition) is 0. The number of nitrogens with zero attached hydrogens (tertiary/aromatic N) is 2. The van der Waals surface area contributed by atoms with Gasteiger partial charge < -0.3 is 18.6 Å². The van der Waals surface area contributed by atoms with Crippen LogP contribution in [-0.4, -0.2) is 48.1 Å². The van der Waals surface area contributed by atoms with Gasteiger partial charge in [0.05, 0.1) is 24.8 Å². The first-order valence-corrected chi connectivity index (χ1v) is 14.8. The van der Waals surface area contributed by atoms with Gasteiger partial charge in [0, 0.05) is 44.5 Å². The minimum Gasteiger partial charge on any atom is -0.493 e. The molecular weight excluding hydrogens is 544 g/mol. The quantitative estimate of drug-likeness (QED) is 0.183. The van der Waals surface area contributed by atoms with Gasteiger partial charge in [-0.15, -0.1) is 0 Å². The summed E-state index contributed by atoms with van der Waals surface area (Å²) in [6.45, 7) is 7.66. The van der Waals surface area contributed by atoms with Gasteiger partial charge in [-0.1, -0.05) is 60.7 Å². The van der Waals surface area contributed by atoms with Gasteiger partial charge in [0.2, 0.25) is 5.89 Å². The first kappa shape index (κ1) is 30.0. The van der Waals surface area contributed by atoms with E-state index in [1.54, 1.807) is 6.92 Å². The first-order chi connectivity index (χ1) is 20.9. The second-order valence-corrected chi connectivity index (χ2v) is 10.8. The van der Waals surface area contributed by atoms with Crippen molar-refractivity contribution in [3.63, 3.8) is 0 Å². The molecule has 3 atom stereocenters. The van der Waals surface area contributed by atoms with Gasteiger partial charge >= 0.3 is 11.9 Å². The molecule has 0 radical (unpaired) electrons. The molecule has 8 heteroatoms. The summed E-state index contributed by atoms with van der Waals surface area (Å²) >= 11 is 0. The zero-order valence-electron chi connectivity index (χ0n) is 24.9. The Kier molecular flexibility index (Phi) is 9.89. The summed E-state index contributed by atoms with van der Waals surface area (Å²) in [6.07, 6.45) is -0.00325. The summed E-state index contributed by atoms with van der Waals surface area (Å²) < 4.78 is 23.2. The van der Waals surface area contributed by atoms with Crippen LogP contribution in [0.15, 0.2) is 89.3 Å². The van der Waals surface area contributed by atoms with Crippen LogP contribution in [0.1, 0.15) is 42.5 Å². The van der Waals surface area contributed by atoms with Crippen molar-refractivity contribution in [2.24, 2.45) is 11.8 Å². The number of oxazole rings is 1. The molecule has 1 saturated heterocycles. The van der Waals surface area contributed by atoms with Crippen LogP contribution in [0.25, 0.3) is 11.5 Å². The number of likely N-dealkylation sites (tertiary alicyclic amines) is 1. The van der Waals surface area contributed by atoms with E-state index in [2.05, 4.69) is 22.0 Å². The van der Waals surface area contributed by atoms with Crippen molar-refractivity contribution in [2.75, 3.05) is 26.3 Å². The molecule has 0 bridgehead atoms. The van der Waals surface area contributed by atoms with Gasteiger partial charge in [0.15, 0.2) is 0 Å². The van der Waals surface area contributed by atoms with E-state index in [-0.39, 0.29) is 11.9 Å². The van der Waals surface area contributed by atoms with Gasteiger partial charge in [-0.05, 0) is 49.2 Å². The number of benzene rings is 3. The van der Waals surface area contributed by atoms with Crippen LogP contribution >= 0.6 is 0 Å². The summed E-state index contributed by atoms with van der Waals surface area (Å²) in [7, 11) is 0. The van der Waals surface area contributed by atoms with Crippen LogP contribution < -0.4 is 4.74 Å². The summed E-state index contributed by atoms with van der Waals surface area (Å²) in [4.78, 5) is 32.2. The lowest BCUT2D eigenvalue weighted by Crippen LogP contribution is -2.31. The molecule has 0 aliphatic carbocycles. The molecule has 0 spiro atoms. The van der Waals surface area contributed by atoms with E-state index in [0.717, 1.165) is 28.1 Å². The standard InChI is InChI=1S/C35H38N2O6/c1-4-40-35(39)31-23-37(21-26-11-7-5-8-12-26)22-30(31)33(43-25(3)38)27-15-17-29(18-16-27)41-20-19-32-24(2)42-34(36-32)28-13-9-6-10-14-28/h5-18,30-31,33H,4,19-23H2,1-3H3/t30-,31+,33-/m1/s1. The molecule has 2 heterocycles. The number of ether oxygens (including phenoxy) is 3. The summed E-state index contributed by atoms with van der Waals surface area (Å²) in [6, 6.07) is 27.5. The Morgan fingerprint density at radius 3 is 2.35 bits per heavy atom. The van der Waals surface area contributed by atoms with E-state index in [9.17, 15) is 9.59 Å². The predicted octanol–water partition coefficient (Wildman–Crippen LogP) is 6.19. The molecule has 0 amide bonds. The summed E-state index contributed by atoms with van der Waals surface area (Å²) in [5.74, 6) is 0.725. The highest BCUT2D eigenvalue weighted by Crippen LogP contribution is 2.39. The molecule has 0 unspecified atom stereocenters. The second-order valence-electron chi connectivity index (χ2n) is 10.8. The van der Waals surface area contributed by atoms with E-state index in [0.29, 0.717) is 50.9 Å². The Bertz CT molecular complexity index is 1490. The Hall–Kier alpha value is -4.43. The Balaban J connectivity index is 1.26. The molecule has 43 heavy (non-hydrogen) atoms. The van der Waals surface area contributed by atoms with Crippen LogP contribution in [0.2, 0.25) is 0 Å². The maximum atomic E-state index is 13.0. The smallest absolute Gasteiger partial charge is 0.310 e. The first-order valence-electron chi connectivity index (χ1n) is 14.8. The number of esters is 2. The van der Waals surface area contributed by atoms with Gasteiger partial charge in [-0.3, -0.25) is 14.5 Å². The lowest BCUT2D eigenvalue weighted by atomic mass is 9.86. The fraction of sp³-hybridized carbons (Fsp3) is 0.343. The number of aryl methyl sites for hydroxylation is 1. The molecule has 1 fully saturated rings. The van der Waals surface area contributed by atoms with Crippen LogP contribution in [0.5, 0.6) is 5.75 Å². The maximum absolute atomic E-state index is 13.0. The lowest BCUT2D eigenvalue weighted by molar-refractivity contribution is -0.157. The zero-order chi connectivity index (χ0) is 30.2. The zero-order valence-corrected chi connectivity index (χ0v) is 24.9. The van der Waals surface area contributed by atoms with Crippen LogP contribution in [0, 0.1) is 18.8 Å². The van der Waals surface area contributed by atoms with Crippen molar-refractivity contribution in [1.29, 1.82) is 0 Å². The van der Waals surface area contributed by atoms with Crippen LogP contribution in [0.3, 0.4) is 0 Å². The van der Waals surface area contributed by atoms with Crippen molar-refractivity contribution in [2.45, 2.75) is 39.8 Å². The largest absolute Gasteiger partial charge is 0.493 e. The molecule has 3 aromatic carbocycles. The summed E-state index contributed by atoms with van der Waals surface area (Å²) in [5, 5.41) is 0. The number of rotatable bonds is 12. The average molecular weight is 583 g/mol. The normalized spacial score (nSPS) is 17.4. The van der Waals surface area contributed by atoms with Crippen molar-refractivity contribution in [1.82, 2.24) is 9.88 Å². The topological polar surface area (TPSA) is 91.1 Å². The molecule has 1 aromatic heterocycles. The Morgan fingerprint density at radius 2 is 1.67 bits per heavy atom. The Labute approximate surface area is 252 Å². The second kappa shape index (κ2) is 14.2. The molecule has 0 saturated carbocycles. The number of carbonyl (C=O) groups excluding carboxylic acids is 2. The molecule has 5 rings (SSSR count). The van der Waals surface area contributed by atoms with E-state index in [1.165, 1.54) is 6.92 Å². The minimum absolute atomic E-state index is 0.257. The van der Waals surface area contributed by atoms with Gasteiger partial charge in [-0.2, -0.15) is 0 Å². The molecule has 224 valence electrons. The monoisotopic (exact) mass is 582 g/mol. The lowest BCUT2D eigenvalue weighted by Gasteiger charge is -2.27. The number of carbonyl (C=O) groups is 2. The minimum atomic E-state index is -0.601. The third-order valence-corrected chi connectivity index (χ3v) is 7.69. The third-order valence-electron chi connectivity index (χ3n) is 7.69. The van der Waals surface area contributed by atoms with Crippen LogP contribution in [0.4, 0.5) is 0 Å². The average Bonchev–Trinajstić information content (AvgIpc) is 3.60. The number of aromatic nitrogens is 1. The van der Waals surface area contributed by atoms with Gasteiger partial charge in [0.25, 0.3) is 0 Å². The number of hydrogen-bond acceptors (Lipinski definition) is 8. The predicted molar refractivity (Wildman–Crippen MR) is 162 cm³/mol. The van der Waals surface area contributed by atoms with Crippen molar-refractivity contribution in [3.8, 4) is 17.2 Å². The van der Waals surface area contributed by atoms with Crippen molar-refractivity contribution in [3.05, 3.63) is 108 Å². The van der Waals surface area contributed by atoms with E-state index in [4.69, 9.17) is 18.6 Å². The third kappa shape index (κ3) is 7.70. The van der Waals surface area contributed by atoms with Gasteiger partial charge in [-0.25, -0.2) is 4.98 Å². The highest BCUT2D eigenvalue weighted by atomic mass is 16.5. The Morgan fingerprint density at radius 1 is 0.977 bits per heavy atom. The fourth-order valence-electron chi connectivity index (χ4n) is 5.65. The molecule has 1 aliphatic heterocycles. The highest BCUT2D eigenvalue weighted by Gasteiger charge is 2.44. The fourth-order valence-corrected chi connectivity index (χ4v) is 5.65. The molecule has 1 aliphatic rings. The molecule has 0 N–H and O–H groups in total. The molecule has 4 aromatic rings. The van der Waals surface area contributed by atoms with Crippen LogP contribution in [-0.2, 0) is 32.0 Å². The molecular formula is C35H38N2O6. The maximum Gasteiger partial charge on any atom is 0.310 e. The molecule has 8 nitrogen and oxygen atoms in total. The van der Waals surface area contributed by atoms with Gasteiger partial charge in [0.1, 0.15) is 17.6 Å². The SMILES string of the molecule is CCOC(=O)[C@H]1CN(Cc2ccccc2)C[C@H]1[C@H](OC(C)=O)c1ccc(OCCc2nc(-c3ccccc3)oc2C)cc1. The van der Waals surface area contributed by atoms with E-state index < -0.39 is 18.0 Å². The van der Waals surface area contributed by atoms with Crippen molar-refractivity contribution < 1.29 is 28.2 Å². The highest BCUT2D eigenvalue weighted by molar-refractivity contribution is 5.74. The van der Waals surface area contributed by atoms with E-state index in [1.807, 2.05) is 79.7 Å². The van der Waals surface area contributed by atoms with Crippen molar-refractivity contribution >= 4 is 11.9 Å². The summed E-state index contributed by atoms with van der Waals surface area (Å²) in [5.41, 5.74) is 3.76. The van der Waals surface area contributed by atoms with E-state index >= 15 is 0 Å².